The zero-order valence-corrected chi connectivity index (χ0v) is 12.1. The molecule has 0 unspecified atom stereocenters. The molecule has 6 heteroatoms. The molecule has 0 radical (unpaired) electrons. The van der Waals surface area contributed by atoms with E-state index in [1.54, 1.807) is 14.2 Å². The van der Waals surface area contributed by atoms with Crippen LogP contribution in [0.15, 0.2) is 18.2 Å². The highest BCUT2D eigenvalue weighted by molar-refractivity contribution is 5.89. The third-order valence-corrected chi connectivity index (χ3v) is 3.61. The first-order valence-corrected chi connectivity index (χ1v) is 6.78. The summed E-state index contributed by atoms with van der Waals surface area (Å²) in [6, 6.07) is 5.59. The lowest BCUT2D eigenvalue weighted by molar-refractivity contribution is -0.140. The average molecular weight is 293 g/mol. The first-order chi connectivity index (χ1) is 10.1. The van der Waals surface area contributed by atoms with Crippen LogP contribution in [0.4, 0.5) is 0 Å². The topological polar surface area (TPSA) is 84.9 Å². The lowest BCUT2D eigenvalue weighted by Gasteiger charge is -2.10. The van der Waals surface area contributed by atoms with Crippen molar-refractivity contribution in [2.75, 3.05) is 20.8 Å². The molecule has 2 rings (SSSR count). The van der Waals surface area contributed by atoms with Gasteiger partial charge in [-0.2, -0.15) is 0 Å². The van der Waals surface area contributed by atoms with Gasteiger partial charge in [0.05, 0.1) is 26.1 Å². The number of aliphatic carboxylic acids is 1. The fourth-order valence-electron chi connectivity index (χ4n) is 2.25. The van der Waals surface area contributed by atoms with E-state index >= 15 is 0 Å². The molecule has 1 aromatic rings. The van der Waals surface area contributed by atoms with Crippen LogP contribution in [0.1, 0.15) is 12.0 Å². The molecule has 1 fully saturated rings. The van der Waals surface area contributed by atoms with E-state index in [0.29, 0.717) is 30.9 Å². The number of carboxylic acids is 1. The Morgan fingerprint density at radius 2 is 1.95 bits per heavy atom. The molecule has 1 saturated carbocycles. The predicted molar refractivity (Wildman–Crippen MR) is 75.5 cm³/mol. The van der Waals surface area contributed by atoms with Gasteiger partial charge >= 0.3 is 5.97 Å². The third-order valence-electron chi connectivity index (χ3n) is 3.61. The SMILES string of the molecule is COc1ccc(CCNC(=O)[C@@H]2C[C@@H]2C(=O)O)cc1OC. The molecule has 1 amide bonds. The van der Waals surface area contributed by atoms with E-state index in [0.717, 1.165) is 5.56 Å². The van der Waals surface area contributed by atoms with Crippen molar-refractivity contribution in [3.8, 4) is 11.5 Å². The van der Waals surface area contributed by atoms with E-state index in [2.05, 4.69) is 5.32 Å². The fourth-order valence-corrected chi connectivity index (χ4v) is 2.25. The summed E-state index contributed by atoms with van der Waals surface area (Å²) < 4.78 is 10.4. The van der Waals surface area contributed by atoms with Crippen LogP contribution in [0.5, 0.6) is 11.5 Å². The lowest BCUT2D eigenvalue weighted by atomic mass is 10.1. The van der Waals surface area contributed by atoms with Crippen molar-refractivity contribution in [2.45, 2.75) is 12.8 Å². The van der Waals surface area contributed by atoms with Crippen molar-refractivity contribution in [3.05, 3.63) is 23.8 Å². The van der Waals surface area contributed by atoms with Gasteiger partial charge in [0, 0.05) is 6.54 Å². The number of rotatable bonds is 7. The monoisotopic (exact) mass is 293 g/mol. The van der Waals surface area contributed by atoms with Crippen molar-refractivity contribution in [2.24, 2.45) is 11.8 Å². The number of hydrogen-bond donors (Lipinski definition) is 2. The number of carbonyl (C=O) groups is 2. The van der Waals surface area contributed by atoms with Gasteiger partial charge < -0.3 is 19.9 Å². The molecule has 1 aromatic carbocycles. The molecule has 21 heavy (non-hydrogen) atoms. The fraction of sp³-hybridized carbons (Fsp3) is 0.467. The molecule has 2 atom stereocenters. The van der Waals surface area contributed by atoms with Crippen molar-refractivity contribution < 1.29 is 24.2 Å². The van der Waals surface area contributed by atoms with Crippen molar-refractivity contribution in [1.82, 2.24) is 5.32 Å². The normalized spacial score (nSPS) is 19.7. The standard InChI is InChI=1S/C15H19NO5/c1-20-12-4-3-9(7-13(12)21-2)5-6-16-14(17)10-8-11(10)15(18)19/h3-4,7,10-11H,5-6,8H2,1-2H3,(H,16,17)(H,18,19)/t10-,11+/m1/s1. The highest BCUT2D eigenvalue weighted by atomic mass is 16.5. The van der Waals surface area contributed by atoms with Gasteiger partial charge in [0.25, 0.3) is 0 Å². The molecule has 0 saturated heterocycles. The number of benzene rings is 1. The molecule has 114 valence electrons. The molecule has 0 bridgehead atoms. The third kappa shape index (κ3) is 3.65. The van der Waals surface area contributed by atoms with Crippen LogP contribution in [0.2, 0.25) is 0 Å². The molecule has 6 nitrogen and oxygen atoms in total. The van der Waals surface area contributed by atoms with Crippen LogP contribution < -0.4 is 14.8 Å². The Morgan fingerprint density at radius 3 is 2.52 bits per heavy atom. The quantitative estimate of drug-likeness (QED) is 0.786. The van der Waals surface area contributed by atoms with Crippen molar-refractivity contribution >= 4 is 11.9 Å². The van der Waals surface area contributed by atoms with Crippen LogP contribution in [0.3, 0.4) is 0 Å². The average Bonchev–Trinajstić information content (AvgIpc) is 3.27. The van der Waals surface area contributed by atoms with Crippen LogP contribution >= 0.6 is 0 Å². The number of methoxy groups -OCH3 is 2. The summed E-state index contributed by atoms with van der Waals surface area (Å²) in [6.45, 7) is 0.469. The van der Waals surface area contributed by atoms with Gasteiger partial charge in [-0.05, 0) is 30.5 Å². The van der Waals surface area contributed by atoms with Crippen LogP contribution in [-0.2, 0) is 16.0 Å². The minimum absolute atomic E-state index is 0.178. The molecule has 0 aromatic heterocycles. The summed E-state index contributed by atoms with van der Waals surface area (Å²) in [5, 5.41) is 11.5. The van der Waals surface area contributed by atoms with Gasteiger partial charge in [-0.1, -0.05) is 6.07 Å². The van der Waals surface area contributed by atoms with Crippen molar-refractivity contribution in [3.63, 3.8) is 0 Å². The minimum Gasteiger partial charge on any atom is -0.493 e. The molecule has 0 heterocycles. The number of ether oxygens (including phenoxy) is 2. The Bertz CT molecular complexity index is 543. The molecule has 2 N–H and O–H groups in total. The Kier molecular flexibility index (Phi) is 4.67. The number of nitrogens with one attached hydrogen (secondary N) is 1. The van der Waals surface area contributed by atoms with Crippen LogP contribution in [-0.4, -0.2) is 37.7 Å². The van der Waals surface area contributed by atoms with Gasteiger partial charge in [-0.3, -0.25) is 9.59 Å². The smallest absolute Gasteiger partial charge is 0.307 e. The molecule has 1 aliphatic rings. The maximum atomic E-state index is 11.7. The minimum atomic E-state index is -0.893. The van der Waals surface area contributed by atoms with E-state index in [1.165, 1.54) is 0 Å². The first kappa shape index (κ1) is 15.2. The Morgan fingerprint density at radius 1 is 1.24 bits per heavy atom. The maximum absolute atomic E-state index is 11.7. The summed E-state index contributed by atoms with van der Waals surface area (Å²) in [5.41, 5.74) is 1.01. The molecular formula is C15H19NO5. The highest BCUT2D eigenvalue weighted by Gasteiger charge is 2.48. The highest BCUT2D eigenvalue weighted by Crippen LogP contribution is 2.38. The van der Waals surface area contributed by atoms with Crippen LogP contribution in [0.25, 0.3) is 0 Å². The number of amides is 1. The van der Waals surface area contributed by atoms with E-state index < -0.39 is 11.9 Å². The molecular weight excluding hydrogens is 274 g/mol. The first-order valence-electron chi connectivity index (χ1n) is 6.78. The number of hydrogen-bond acceptors (Lipinski definition) is 4. The second kappa shape index (κ2) is 6.47. The Labute approximate surface area is 123 Å². The second-order valence-corrected chi connectivity index (χ2v) is 5.02. The second-order valence-electron chi connectivity index (χ2n) is 5.02. The molecule has 1 aliphatic carbocycles. The number of carboxylic acid groups (broad SMARTS) is 1. The Hall–Kier alpha value is -2.24. The Balaban J connectivity index is 1.81. The molecule has 0 spiro atoms. The summed E-state index contributed by atoms with van der Waals surface area (Å²) >= 11 is 0. The predicted octanol–water partition coefficient (Wildman–Crippen LogP) is 1.08. The van der Waals surface area contributed by atoms with Gasteiger partial charge in [0.2, 0.25) is 5.91 Å². The van der Waals surface area contributed by atoms with Gasteiger partial charge in [-0.25, -0.2) is 0 Å². The number of carbonyl (C=O) groups excluding carboxylic acids is 1. The lowest BCUT2D eigenvalue weighted by Crippen LogP contribution is -2.28. The summed E-state index contributed by atoms with van der Waals surface area (Å²) in [7, 11) is 3.15. The zero-order chi connectivity index (χ0) is 15.4. The van der Waals surface area contributed by atoms with E-state index in [4.69, 9.17) is 14.6 Å². The zero-order valence-electron chi connectivity index (χ0n) is 12.1. The van der Waals surface area contributed by atoms with Crippen molar-refractivity contribution in [1.29, 1.82) is 0 Å². The van der Waals surface area contributed by atoms with Gasteiger partial charge in [0.15, 0.2) is 11.5 Å². The summed E-state index contributed by atoms with van der Waals surface area (Å²) in [4.78, 5) is 22.4. The largest absolute Gasteiger partial charge is 0.493 e. The van der Waals surface area contributed by atoms with E-state index in [9.17, 15) is 9.59 Å². The summed E-state index contributed by atoms with van der Waals surface area (Å²) in [5.74, 6) is -0.640. The van der Waals surface area contributed by atoms with E-state index in [-0.39, 0.29) is 11.8 Å². The summed E-state index contributed by atoms with van der Waals surface area (Å²) in [6.07, 6.45) is 1.09. The molecule has 0 aliphatic heterocycles. The van der Waals surface area contributed by atoms with Gasteiger partial charge in [-0.15, -0.1) is 0 Å². The maximum Gasteiger partial charge on any atom is 0.307 e. The van der Waals surface area contributed by atoms with Crippen LogP contribution in [0, 0.1) is 11.8 Å². The van der Waals surface area contributed by atoms with Gasteiger partial charge in [0.1, 0.15) is 0 Å². The van der Waals surface area contributed by atoms with E-state index in [1.807, 2.05) is 18.2 Å².